The summed E-state index contributed by atoms with van der Waals surface area (Å²) in [5.74, 6) is 3.08. The van der Waals surface area contributed by atoms with E-state index in [0.29, 0.717) is 34.7 Å². The fourth-order valence-corrected chi connectivity index (χ4v) is 4.81. The van der Waals surface area contributed by atoms with Crippen molar-refractivity contribution in [3.05, 3.63) is 63.9 Å². The van der Waals surface area contributed by atoms with Crippen molar-refractivity contribution in [2.24, 2.45) is 0 Å². The van der Waals surface area contributed by atoms with Gasteiger partial charge in [-0.15, -0.1) is 16.6 Å². The van der Waals surface area contributed by atoms with E-state index < -0.39 is 5.54 Å². The summed E-state index contributed by atoms with van der Waals surface area (Å²) in [5.41, 5.74) is 2.70. The molecule has 1 N–H and O–H groups in total. The Labute approximate surface area is 202 Å². The molecule has 0 atom stereocenters. The van der Waals surface area contributed by atoms with Gasteiger partial charge in [-0.1, -0.05) is 55.8 Å². The van der Waals surface area contributed by atoms with Gasteiger partial charge in [-0.2, -0.15) is 0 Å². The van der Waals surface area contributed by atoms with Gasteiger partial charge in [-0.05, 0) is 56.0 Å². The topological polar surface area (TPSA) is 81.3 Å². The Hall–Kier alpha value is -3.57. The first-order valence-electron chi connectivity index (χ1n) is 11.2. The second-order valence-electron chi connectivity index (χ2n) is 8.27. The third-order valence-corrected chi connectivity index (χ3v) is 7.34. The number of fused-ring (bicyclic) bond motifs is 3. The molecular formula is C26H27N5O2S. The predicted molar refractivity (Wildman–Crippen MR) is 137 cm³/mol. The maximum Gasteiger partial charge on any atom is 0.267 e. The number of nitrogens with zero attached hydrogens (tertiary/aromatic N) is 4. The van der Waals surface area contributed by atoms with Crippen molar-refractivity contribution >= 4 is 34.3 Å². The molecule has 0 aliphatic rings. The molecule has 0 aliphatic heterocycles. The summed E-state index contributed by atoms with van der Waals surface area (Å²) in [6, 6.07) is 13.2. The minimum absolute atomic E-state index is 0.126. The third-order valence-electron chi connectivity index (χ3n) is 6.41. The van der Waals surface area contributed by atoms with Crippen molar-refractivity contribution in [1.82, 2.24) is 24.5 Å². The van der Waals surface area contributed by atoms with Gasteiger partial charge >= 0.3 is 0 Å². The molecule has 0 spiro atoms. The molecule has 1 amide bonds. The van der Waals surface area contributed by atoms with E-state index in [2.05, 4.69) is 21.4 Å². The normalized spacial score (nSPS) is 11.6. The van der Waals surface area contributed by atoms with Gasteiger partial charge in [0.25, 0.3) is 5.56 Å². The third kappa shape index (κ3) is 3.97. The summed E-state index contributed by atoms with van der Waals surface area (Å²) in [4.78, 5) is 26.2. The Morgan fingerprint density at radius 1 is 1.12 bits per heavy atom. The van der Waals surface area contributed by atoms with E-state index in [1.807, 2.05) is 68.5 Å². The minimum Gasteiger partial charge on any atom is -0.339 e. The van der Waals surface area contributed by atoms with E-state index in [1.165, 1.54) is 11.8 Å². The van der Waals surface area contributed by atoms with Crippen LogP contribution in [-0.2, 0) is 4.79 Å². The van der Waals surface area contributed by atoms with Crippen LogP contribution in [0.25, 0.3) is 22.4 Å². The summed E-state index contributed by atoms with van der Waals surface area (Å²) < 4.78 is 3.43. The highest BCUT2D eigenvalue weighted by Crippen LogP contribution is 2.25. The van der Waals surface area contributed by atoms with Crippen LogP contribution in [0, 0.1) is 26.2 Å². The number of terminal acetylenes is 1. The molecule has 2 aromatic heterocycles. The number of nitrogens with one attached hydrogen (secondary N) is 1. The summed E-state index contributed by atoms with van der Waals surface area (Å²) in [7, 11) is 0. The van der Waals surface area contributed by atoms with Crippen LogP contribution < -0.4 is 10.9 Å². The van der Waals surface area contributed by atoms with Crippen LogP contribution in [0.1, 0.15) is 37.8 Å². The lowest BCUT2D eigenvalue weighted by atomic mass is 9.94. The molecule has 34 heavy (non-hydrogen) atoms. The number of aromatic nitrogens is 4. The van der Waals surface area contributed by atoms with Crippen molar-refractivity contribution in [2.75, 3.05) is 5.75 Å². The van der Waals surface area contributed by atoms with Crippen molar-refractivity contribution in [3.63, 3.8) is 0 Å². The van der Waals surface area contributed by atoms with Crippen LogP contribution >= 0.6 is 11.8 Å². The van der Waals surface area contributed by atoms with Crippen LogP contribution in [0.5, 0.6) is 0 Å². The molecule has 7 nitrogen and oxygen atoms in total. The van der Waals surface area contributed by atoms with E-state index in [-0.39, 0.29) is 17.2 Å². The van der Waals surface area contributed by atoms with Crippen LogP contribution in [-0.4, -0.2) is 36.4 Å². The smallest absolute Gasteiger partial charge is 0.267 e. The van der Waals surface area contributed by atoms with Crippen molar-refractivity contribution < 1.29 is 4.79 Å². The summed E-state index contributed by atoms with van der Waals surface area (Å²) in [5, 5.41) is 12.8. The van der Waals surface area contributed by atoms with Crippen molar-refractivity contribution in [3.8, 4) is 18.0 Å². The molecule has 0 saturated heterocycles. The summed E-state index contributed by atoms with van der Waals surface area (Å²) >= 11 is 1.26. The van der Waals surface area contributed by atoms with Crippen LogP contribution in [0.4, 0.5) is 0 Å². The van der Waals surface area contributed by atoms with E-state index >= 15 is 0 Å². The molecular weight excluding hydrogens is 446 g/mol. The van der Waals surface area contributed by atoms with Crippen LogP contribution in [0.2, 0.25) is 0 Å². The maximum absolute atomic E-state index is 13.5. The molecule has 174 valence electrons. The zero-order valence-electron chi connectivity index (χ0n) is 19.8. The highest BCUT2D eigenvalue weighted by molar-refractivity contribution is 7.99. The fourth-order valence-electron chi connectivity index (χ4n) is 4.07. The summed E-state index contributed by atoms with van der Waals surface area (Å²) in [6.07, 6.45) is 6.98. The number of hydrogen-bond acceptors (Lipinski definition) is 5. The lowest BCUT2D eigenvalue weighted by Gasteiger charge is -2.26. The lowest BCUT2D eigenvalue weighted by Crippen LogP contribution is -2.47. The van der Waals surface area contributed by atoms with Gasteiger partial charge in [0.05, 0.1) is 22.3 Å². The quantitative estimate of drug-likeness (QED) is 0.324. The van der Waals surface area contributed by atoms with Gasteiger partial charge in [0.1, 0.15) is 5.54 Å². The second kappa shape index (κ2) is 9.35. The number of benzene rings is 2. The Bertz CT molecular complexity index is 1490. The average molecular weight is 474 g/mol. The standard InChI is InChI=1S/C26H27N5O2S/c1-6-26(7-2,8-3)27-22(32)16-34-25-29-28-24-30(20-15-11-12-17(4)18(20)5)23(33)19-13-9-10-14-21(19)31(24)25/h1,9-15H,7-8,16H2,2-5H3,(H,27,32). The van der Waals surface area contributed by atoms with E-state index in [4.69, 9.17) is 6.42 Å². The zero-order valence-corrected chi connectivity index (χ0v) is 20.6. The van der Waals surface area contributed by atoms with Gasteiger partial charge in [0.15, 0.2) is 5.16 Å². The van der Waals surface area contributed by atoms with Crippen LogP contribution in [0.3, 0.4) is 0 Å². The highest BCUT2D eigenvalue weighted by atomic mass is 32.2. The first-order valence-corrected chi connectivity index (χ1v) is 12.2. The average Bonchev–Trinajstić information content (AvgIpc) is 3.28. The van der Waals surface area contributed by atoms with Gasteiger partial charge in [-0.25, -0.2) is 4.57 Å². The first-order chi connectivity index (χ1) is 16.4. The monoisotopic (exact) mass is 473 g/mol. The molecule has 0 saturated carbocycles. The molecule has 0 fully saturated rings. The molecule has 0 unspecified atom stereocenters. The number of thioether (sulfide) groups is 1. The van der Waals surface area contributed by atoms with Crippen LogP contribution in [0.15, 0.2) is 52.4 Å². The molecule has 0 radical (unpaired) electrons. The van der Waals surface area contributed by atoms with Crippen molar-refractivity contribution in [1.29, 1.82) is 0 Å². The number of rotatable bonds is 7. The number of carbonyl (C=O) groups is 1. The number of amides is 1. The number of aryl methyl sites for hydroxylation is 1. The Morgan fingerprint density at radius 3 is 2.56 bits per heavy atom. The van der Waals surface area contributed by atoms with Gasteiger partial charge in [-0.3, -0.25) is 14.0 Å². The zero-order chi connectivity index (χ0) is 24.5. The van der Waals surface area contributed by atoms with Gasteiger partial charge in [0, 0.05) is 0 Å². The molecule has 2 heterocycles. The first kappa shape index (κ1) is 23.6. The molecule has 0 aliphatic carbocycles. The highest BCUT2D eigenvalue weighted by Gasteiger charge is 2.26. The number of hydrogen-bond donors (Lipinski definition) is 1. The van der Waals surface area contributed by atoms with Gasteiger partial charge < -0.3 is 5.32 Å². The molecule has 8 heteroatoms. The molecule has 4 aromatic rings. The maximum atomic E-state index is 13.5. The van der Waals surface area contributed by atoms with E-state index in [1.54, 1.807) is 10.6 Å². The minimum atomic E-state index is -0.652. The molecule has 0 bridgehead atoms. The predicted octanol–water partition coefficient (Wildman–Crippen LogP) is 4.05. The number of carbonyl (C=O) groups excluding carboxylic acids is 1. The summed E-state index contributed by atoms with van der Waals surface area (Å²) in [6.45, 7) is 7.91. The van der Waals surface area contributed by atoms with E-state index in [9.17, 15) is 9.59 Å². The Morgan fingerprint density at radius 2 is 1.85 bits per heavy atom. The Kier molecular flexibility index (Phi) is 6.49. The largest absolute Gasteiger partial charge is 0.339 e. The van der Waals surface area contributed by atoms with E-state index in [0.717, 1.165) is 16.8 Å². The SMILES string of the molecule is C#CC(CC)(CC)NC(=O)CSc1nnc2n(-c3cccc(C)c3C)c(=O)c3ccccc3n12. The Balaban J connectivity index is 1.82. The van der Waals surface area contributed by atoms with Gasteiger partial charge in [0.2, 0.25) is 11.7 Å². The van der Waals surface area contributed by atoms with Crippen molar-refractivity contribution in [2.45, 2.75) is 51.2 Å². The second-order valence-corrected chi connectivity index (χ2v) is 9.21. The molecule has 4 rings (SSSR count). The fraction of sp³-hybridized carbons (Fsp3) is 0.308. The molecule has 2 aromatic carbocycles. The number of para-hydroxylation sites is 1. The lowest BCUT2D eigenvalue weighted by molar-refractivity contribution is -0.119.